The molecule has 1 aromatic heterocycles. The molecule has 2 heterocycles. The lowest BCUT2D eigenvalue weighted by molar-refractivity contribution is 0.0624. The number of amides is 1. The highest BCUT2D eigenvalue weighted by Crippen LogP contribution is 2.26. The smallest absolute Gasteiger partial charge is 0.279 e. The Morgan fingerprint density at radius 3 is 2.79 bits per heavy atom. The second-order valence-electron chi connectivity index (χ2n) is 6.78. The Balaban J connectivity index is 0.00000240. The van der Waals surface area contributed by atoms with E-state index in [-0.39, 0.29) is 35.5 Å². The molecular weight excluding hydrogens is 411 g/mol. The lowest BCUT2D eigenvalue weighted by Gasteiger charge is -2.36. The van der Waals surface area contributed by atoms with Gasteiger partial charge in [0.1, 0.15) is 0 Å². The monoisotopic (exact) mass is 432 g/mol. The van der Waals surface area contributed by atoms with E-state index in [0.29, 0.717) is 36.6 Å². The van der Waals surface area contributed by atoms with Crippen LogP contribution in [0, 0.1) is 0 Å². The van der Waals surface area contributed by atoms with Gasteiger partial charge in [0.2, 0.25) is 5.43 Å². The molecule has 3 aromatic rings. The molecule has 1 aliphatic heterocycles. The van der Waals surface area contributed by atoms with Gasteiger partial charge in [-0.3, -0.25) is 14.3 Å². The molecule has 0 spiro atoms. The number of benzene rings is 2. The van der Waals surface area contributed by atoms with Crippen LogP contribution in [0.15, 0.2) is 53.3 Å². The summed E-state index contributed by atoms with van der Waals surface area (Å²) >= 11 is 6.15. The molecule has 8 heteroatoms. The standard InChI is InChI=1S/C21H21ClN4O2.ClH/c1-2-26-17-9-4-3-8-16(17)20(27)19(24-26)21(28)25-11-10-23-13-18(25)14-6-5-7-15(22)12-14;/h3-9,12,18,23H,2,10-11,13H2,1H3;1H. The minimum atomic E-state index is -0.343. The van der Waals surface area contributed by atoms with Crippen LogP contribution < -0.4 is 10.7 Å². The van der Waals surface area contributed by atoms with Crippen LogP contribution in [0.2, 0.25) is 5.02 Å². The van der Waals surface area contributed by atoms with Crippen LogP contribution in [0.25, 0.3) is 10.9 Å². The topological polar surface area (TPSA) is 67.2 Å². The zero-order valence-corrected chi connectivity index (χ0v) is 17.5. The molecule has 152 valence electrons. The van der Waals surface area contributed by atoms with Gasteiger partial charge in [-0.2, -0.15) is 5.10 Å². The number of piperazine rings is 1. The maximum absolute atomic E-state index is 13.4. The number of nitrogens with one attached hydrogen (secondary N) is 1. The van der Waals surface area contributed by atoms with Gasteiger partial charge in [0.05, 0.1) is 11.6 Å². The predicted molar refractivity (Wildman–Crippen MR) is 117 cm³/mol. The number of fused-ring (bicyclic) bond motifs is 1. The Kier molecular flexibility index (Phi) is 6.57. The van der Waals surface area contributed by atoms with Crippen molar-refractivity contribution in [1.29, 1.82) is 0 Å². The van der Waals surface area contributed by atoms with E-state index in [2.05, 4.69) is 10.4 Å². The first-order chi connectivity index (χ1) is 13.6. The van der Waals surface area contributed by atoms with E-state index in [9.17, 15) is 9.59 Å². The number of hydrogen-bond acceptors (Lipinski definition) is 4. The Bertz CT molecular complexity index is 1100. The van der Waals surface area contributed by atoms with Gasteiger partial charge in [-0.25, -0.2) is 0 Å². The number of carbonyl (C=O) groups is 1. The summed E-state index contributed by atoms with van der Waals surface area (Å²) in [7, 11) is 0. The number of nitrogens with zero attached hydrogens (tertiary/aromatic N) is 3. The van der Waals surface area contributed by atoms with Crippen molar-refractivity contribution in [3.63, 3.8) is 0 Å². The van der Waals surface area contributed by atoms with Gasteiger partial charge >= 0.3 is 0 Å². The average Bonchev–Trinajstić information content (AvgIpc) is 2.74. The predicted octanol–water partition coefficient (Wildman–Crippen LogP) is 3.28. The maximum atomic E-state index is 13.4. The number of para-hydroxylation sites is 1. The molecule has 4 rings (SSSR count). The van der Waals surface area contributed by atoms with Crippen molar-refractivity contribution in [2.45, 2.75) is 19.5 Å². The maximum Gasteiger partial charge on any atom is 0.279 e. The first kappa shape index (κ1) is 21.3. The lowest BCUT2D eigenvalue weighted by atomic mass is 10.0. The SMILES string of the molecule is CCn1nc(C(=O)N2CCNCC2c2cccc(Cl)c2)c(=O)c2ccccc21.Cl. The molecule has 1 aliphatic rings. The van der Waals surface area contributed by atoms with E-state index < -0.39 is 0 Å². The lowest BCUT2D eigenvalue weighted by Crippen LogP contribution is -2.50. The van der Waals surface area contributed by atoms with Crippen molar-refractivity contribution in [2.24, 2.45) is 0 Å². The highest BCUT2D eigenvalue weighted by atomic mass is 35.5. The molecule has 1 saturated heterocycles. The van der Waals surface area contributed by atoms with E-state index in [1.165, 1.54) is 0 Å². The molecule has 0 saturated carbocycles. The summed E-state index contributed by atoms with van der Waals surface area (Å²) in [5, 5.41) is 8.85. The van der Waals surface area contributed by atoms with E-state index in [1.54, 1.807) is 27.8 Å². The van der Waals surface area contributed by atoms with Crippen molar-refractivity contribution in [1.82, 2.24) is 20.0 Å². The number of carbonyl (C=O) groups excluding carboxylic acids is 1. The highest BCUT2D eigenvalue weighted by molar-refractivity contribution is 6.30. The van der Waals surface area contributed by atoms with Gasteiger partial charge in [0, 0.05) is 36.6 Å². The van der Waals surface area contributed by atoms with Crippen LogP contribution in [0.5, 0.6) is 0 Å². The number of rotatable bonds is 3. The normalized spacial score (nSPS) is 16.5. The second-order valence-corrected chi connectivity index (χ2v) is 7.22. The van der Waals surface area contributed by atoms with Gasteiger partial charge < -0.3 is 10.2 Å². The Morgan fingerprint density at radius 2 is 2.03 bits per heavy atom. The zero-order valence-electron chi connectivity index (χ0n) is 16.0. The second kappa shape index (κ2) is 8.95. The van der Waals surface area contributed by atoms with E-state index >= 15 is 0 Å². The minimum absolute atomic E-state index is 0. The minimum Gasteiger partial charge on any atom is -0.328 e. The third kappa shape index (κ3) is 4.01. The fourth-order valence-corrected chi connectivity index (χ4v) is 3.91. The first-order valence-corrected chi connectivity index (χ1v) is 9.75. The van der Waals surface area contributed by atoms with E-state index in [4.69, 9.17) is 11.6 Å². The van der Waals surface area contributed by atoms with Crippen LogP contribution in [-0.4, -0.2) is 40.2 Å². The zero-order chi connectivity index (χ0) is 19.7. The fourth-order valence-electron chi connectivity index (χ4n) is 3.71. The molecular formula is C21H22Cl2N4O2. The van der Waals surface area contributed by atoms with Crippen molar-refractivity contribution in [3.8, 4) is 0 Å². The summed E-state index contributed by atoms with van der Waals surface area (Å²) in [5.74, 6) is -0.343. The summed E-state index contributed by atoms with van der Waals surface area (Å²) < 4.78 is 1.71. The van der Waals surface area contributed by atoms with Crippen LogP contribution in [-0.2, 0) is 6.54 Å². The molecule has 0 radical (unpaired) electrons. The average molecular weight is 433 g/mol. The molecule has 0 bridgehead atoms. The quantitative estimate of drug-likeness (QED) is 0.689. The molecule has 1 N–H and O–H groups in total. The molecule has 1 atom stereocenters. The largest absolute Gasteiger partial charge is 0.328 e. The third-order valence-electron chi connectivity index (χ3n) is 5.10. The number of aryl methyl sites for hydroxylation is 1. The molecule has 2 aromatic carbocycles. The summed E-state index contributed by atoms with van der Waals surface area (Å²) in [6.45, 7) is 4.27. The Morgan fingerprint density at radius 1 is 1.24 bits per heavy atom. The fraction of sp³-hybridized carbons (Fsp3) is 0.286. The van der Waals surface area contributed by atoms with Crippen LogP contribution in [0.4, 0.5) is 0 Å². The highest BCUT2D eigenvalue weighted by Gasteiger charge is 2.31. The molecule has 0 aliphatic carbocycles. The van der Waals surface area contributed by atoms with Gasteiger partial charge in [-0.1, -0.05) is 35.9 Å². The molecule has 1 fully saturated rings. The van der Waals surface area contributed by atoms with Gasteiger partial charge in [-0.05, 0) is 36.8 Å². The first-order valence-electron chi connectivity index (χ1n) is 9.37. The van der Waals surface area contributed by atoms with Crippen molar-refractivity contribution < 1.29 is 4.79 Å². The van der Waals surface area contributed by atoms with E-state index in [0.717, 1.165) is 11.1 Å². The van der Waals surface area contributed by atoms with Crippen LogP contribution in [0.3, 0.4) is 0 Å². The number of halogens is 2. The number of hydrogen-bond donors (Lipinski definition) is 1. The number of aromatic nitrogens is 2. The van der Waals surface area contributed by atoms with Crippen LogP contribution in [0.1, 0.15) is 29.0 Å². The Labute approximate surface area is 179 Å². The van der Waals surface area contributed by atoms with Crippen molar-refractivity contribution >= 4 is 40.8 Å². The van der Waals surface area contributed by atoms with Gasteiger partial charge in [-0.15, -0.1) is 12.4 Å². The van der Waals surface area contributed by atoms with E-state index in [1.807, 2.05) is 37.3 Å². The summed E-state index contributed by atoms with van der Waals surface area (Å²) in [6, 6.07) is 14.5. The Hall–Kier alpha value is -2.41. The third-order valence-corrected chi connectivity index (χ3v) is 5.34. The molecule has 6 nitrogen and oxygen atoms in total. The van der Waals surface area contributed by atoms with Crippen molar-refractivity contribution in [2.75, 3.05) is 19.6 Å². The molecule has 1 amide bonds. The molecule has 29 heavy (non-hydrogen) atoms. The summed E-state index contributed by atoms with van der Waals surface area (Å²) in [6.07, 6.45) is 0. The summed E-state index contributed by atoms with van der Waals surface area (Å²) in [5.41, 5.74) is 1.31. The molecule has 1 unspecified atom stereocenters. The van der Waals surface area contributed by atoms with Crippen molar-refractivity contribution in [3.05, 3.63) is 75.0 Å². The van der Waals surface area contributed by atoms with Gasteiger partial charge in [0.25, 0.3) is 5.91 Å². The summed E-state index contributed by atoms with van der Waals surface area (Å²) in [4.78, 5) is 28.1. The van der Waals surface area contributed by atoms with Crippen LogP contribution >= 0.6 is 24.0 Å². The van der Waals surface area contributed by atoms with Gasteiger partial charge in [0.15, 0.2) is 5.69 Å².